The molecule has 0 spiro atoms. The predicted molar refractivity (Wildman–Crippen MR) is 134 cm³/mol. The van der Waals surface area contributed by atoms with Gasteiger partial charge in [-0.15, -0.1) is 0 Å². The number of rotatable bonds is 7. The maximum absolute atomic E-state index is 13.5. The maximum atomic E-state index is 13.5. The largest absolute Gasteiger partial charge is 0.348 e. The second-order valence-electron chi connectivity index (χ2n) is 8.70. The van der Waals surface area contributed by atoms with E-state index in [1.165, 1.54) is 9.87 Å². The zero-order valence-electron chi connectivity index (χ0n) is 20.1. The Balaban J connectivity index is 1.93. The van der Waals surface area contributed by atoms with Gasteiger partial charge in [-0.1, -0.05) is 48.0 Å². The van der Waals surface area contributed by atoms with Crippen molar-refractivity contribution in [2.24, 2.45) is 0 Å². The Morgan fingerprint density at radius 1 is 0.848 bits per heavy atom. The molecule has 6 heteroatoms. The lowest BCUT2D eigenvalue weighted by Crippen LogP contribution is -2.42. The number of benzene rings is 3. The van der Waals surface area contributed by atoms with Crippen LogP contribution < -0.4 is 9.62 Å². The second kappa shape index (κ2) is 9.79. The Morgan fingerprint density at radius 2 is 1.48 bits per heavy atom. The summed E-state index contributed by atoms with van der Waals surface area (Å²) in [5, 5.41) is 2.99. The van der Waals surface area contributed by atoms with Crippen molar-refractivity contribution in [1.82, 2.24) is 5.32 Å². The van der Waals surface area contributed by atoms with E-state index in [0.717, 1.165) is 27.8 Å². The number of nitrogens with one attached hydrogen (secondary N) is 1. The molecule has 0 unspecified atom stereocenters. The van der Waals surface area contributed by atoms with Gasteiger partial charge in [-0.3, -0.25) is 9.10 Å². The topological polar surface area (TPSA) is 66.5 Å². The van der Waals surface area contributed by atoms with Gasteiger partial charge in [0.05, 0.1) is 16.6 Å². The molecule has 1 atom stereocenters. The summed E-state index contributed by atoms with van der Waals surface area (Å²) < 4.78 is 28.3. The molecule has 0 aliphatic rings. The monoisotopic (exact) mass is 464 g/mol. The molecule has 0 aliphatic carbocycles. The molecule has 0 fully saturated rings. The molecule has 0 aromatic heterocycles. The van der Waals surface area contributed by atoms with Crippen LogP contribution in [0.1, 0.15) is 46.3 Å². The van der Waals surface area contributed by atoms with Crippen LogP contribution in [0.4, 0.5) is 5.69 Å². The van der Waals surface area contributed by atoms with Gasteiger partial charge < -0.3 is 5.32 Å². The van der Waals surface area contributed by atoms with Gasteiger partial charge in [0, 0.05) is 0 Å². The van der Waals surface area contributed by atoms with Gasteiger partial charge in [-0.2, -0.15) is 0 Å². The van der Waals surface area contributed by atoms with Crippen molar-refractivity contribution in [1.29, 1.82) is 0 Å². The van der Waals surface area contributed by atoms with Crippen LogP contribution in [0.25, 0.3) is 0 Å². The highest BCUT2D eigenvalue weighted by molar-refractivity contribution is 7.92. The van der Waals surface area contributed by atoms with E-state index in [2.05, 4.69) is 24.4 Å². The van der Waals surface area contributed by atoms with Crippen molar-refractivity contribution in [3.63, 3.8) is 0 Å². The highest BCUT2D eigenvalue weighted by Gasteiger charge is 2.28. The molecular weight excluding hydrogens is 432 g/mol. The van der Waals surface area contributed by atoms with Crippen molar-refractivity contribution in [2.75, 3.05) is 10.8 Å². The Hall–Kier alpha value is -3.12. The van der Waals surface area contributed by atoms with Gasteiger partial charge in [-0.05, 0) is 87.6 Å². The molecule has 0 bridgehead atoms. The molecule has 0 heterocycles. The third-order valence-electron chi connectivity index (χ3n) is 5.97. The van der Waals surface area contributed by atoms with Crippen LogP contribution in [0.2, 0.25) is 0 Å². The van der Waals surface area contributed by atoms with Gasteiger partial charge in [0.1, 0.15) is 6.54 Å². The molecule has 0 aliphatic heterocycles. The van der Waals surface area contributed by atoms with E-state index >= 15 is 0 Å². The number of hydrogen-bond acceptors (Lipinski definition) is 3. The first kappa shape index (κ1) is 24.5. The number of carbonyl (C=O) groups excluding carboxylic acids is 1. The van der Waals surface area contributed by atoms with Crippen molar-refractivity contribution in [2.45, 2.75) is 52.5 Å². The highest BCUT2D eigenvalue weighted by atomic mass is 32.2. The Bertz CT molecular complexity index is 1270. The molecule has 1 amide bonds. The summed E-state index contributed by atoms with van der Waals surface area (Å²) in [5.74, 6) is -0.361. The third-order valence-corrected chi connectivity index (χ3v) is 7.74. The SMILES string of the molecule is Cc1ccc(N(CC(=O)N[C@@H](C)c2cc(C)c(C)cc2C)S(=O)(=O)c2ccccc2)c(C)c1. The quantitative estimate of drug-likeness (QED) is 0.516. The summed E-state index contributed by atoms with van der Waals surface area (Å²) in [5.41, 5.74) is 6.78. The molecule has 5 nitrogen and oxygen atoms in total. The minimum Gasteiger partial charge on any atom is -0.348 e. The zero-order valence-corrected chi connectivity index (χ0v) is 21.0. The molecule has 33 heavy (non-hydrogen) atoms. The molecule has 1 N–H and O–H groups in total. The Labute approximate surface area is 197 Å². The zero-order chi connectivity index (χ0) is 24.3. The number of sulfonamides is 1. The van der Waals surface area contributed by atoms with E-state index in [1.54, 1.807) is 36.4 Å². The average Bonchev–Trinajstić information content (AvgIpc) is 2.75. The van der Waals surface area contributed by atoms with Gasteiger partial charge in [0.2, 0.25) is 5.91 Å². The van der Waals surface area contributed by atoms with E-state index in [4.69, 9.17) is 0 Å². The normalized spacial score (nSPS) is 12.3. The predicted octanol–water partition coefficient (Wildman–Crippen LogP) is 5.30. The number of carbonyl (C=O) groups is 1. The average molecular weight is 465 g/mol. The number of nitrogens with zero attached hydrogens (tertiary/aromatic N) is 1. The first-order chi connectivity index (χ1) is 15.5. The fourth-order valence-electron chi connectivity index (χ4n) is 4.05. The number of anilines is 1. The van der Waals surface area contributed by atoms with E-state index < -0.39 is 10.0 Å². The molecule has 3 aromatic rings. The highest BCUT2D eigenvalue weighted by Crippen LogP contribution is 2.28. The van der Waals surface area contributed by atoms with E-state index in [-0.39, 0.29) is 23.4 Å². The fraction of sp³-hybridized carbons (Fsp3) is 0.296. The van der Waals surface area contributed by atoms with E-state index in [0.29, 0.717) is 5.69 Å². The lowest BCUT2D eigenvalue weighted by atomic mass is 9.96. The molecule has 0 radical (unpaired) electrons. The minimum atomic E-state index is -3.93. The summed E-state index contributed by atoms with van der Waals surface area (Å²) in [6.07, 6.45) is 0. The summed E-state index contributed by atoms with van der Waals surface area (Å²) in [7, 11) is -3.93. The van der Waals surface area contributed by atoms with Crippen molar-refractivity contribution in [3.8, 4) is 0 Å². The van der Waals surface area contributed by atoms with Crippen LogP contribution in [0, 0.1) is 34.6 Å². The standard InChI is InChI=1S/C27H32N2O3S/c1-18-12-13-26(22(5)14-18)29(33(31,32)24-10-8-7-9-11-24)17-27(30)28-23(6)25-16-20(3)19(2)15-21(25)4/h7-16,23H,17H2,1-6H3,(H,28,30)/t23-/m0/s1. The Morgan fingerprint density at radius 3 is 2.12 bits per heavy atom. The molecule has 174 valence electrons. The van der Waals surface area contributed by atoms with Crippen LogP contribution >= 0.6 is 0 Å². The summed E-state index contributed by atoms with van der Waals surface area (Å²) >= 11 is 0. The molecule has 0 saturated heterocycles. The van der Waals surface area contributed by atoms with Crippen LogP contribution in [-0.2, 0) is 14.8 Å². The van der Waals surface area contributed by atoms with Gasteiger partial charge in [0.25, 0.3) is 10.0 Å². The number of amides is 1. The van der Waals surface area contributed by atoms with Crippen LogP contribution in [0.5, 0.6) is 0 Å². The summed E-state index contributed by atoms with van der Waals surface area (Å²) in [4.78, 5) is 13.3. The molecule has 3 aromatic carbocycles. The van der Waals surface area contributed by atoms with Gasteiger partial charge >= 0.3 is 0 Å². The smallest absolute Gasteiger partial charge is 0.264 e. The number of hydrogen-bond donors (Lipinski definition) is 1. The second-order valence-corrected chi connectivity index (χ2v) is 10.6. The van der Waals surface area contributed by atoms with Gasteiger partial charge in [0.15, 0.2) is 0 Å². The summed E-state index contributed by atoms with van der Waals surface area (Å²) in [6, 6.07) is 17.7. The lowest BCUT2D eigenvalue weighted by molar-refractivity contribution is -0.120. The Kier molecular flexibility index (Phi) is 7.28. The van der Waals surface area contributed by atoms with Gasteiger partial charge in [-0.25, -0.2) is 8.42 Å². The first-order valence-electron chi connectivity index (χ1n) is 11.0. The molecule has 0 saturated carbocycles. The maximum Gasteiger partial charge on any atom is 0.264 e. The molecule has 3 rings (SSSR count). The van der Waals surface area contributed by atoms with Crippen LogP contribution in [0.15, 0.2) is 65.6 Å². The van der Waals surface area contributed by atoms with Crippen molar-refractivity contribution >= 4 is 21.6 Å². The van der Waals surface area contributed by atoms with Crippen LogP contribution in [-0.4, -0.2) is 20.9 Å². The molecular formula is C27H32N2O3S. The minimum absolute atomic E-state index is 0.149. The van der Waals surface area contributed by atoms with Crippen molar-refractivity contribution < 1.29 is 13.2 Å². The van der Waals surface area contributed by atoms with Crippen molar-refractivity contribution in [3.05, 3.63) is 94.0 Å². The first-order valence-corrected chi connectivity index (χ1v) is 12.5. The van der Waals surface area contributed by atoms with E-state index in [9.17, 15) is 13.2 Å². The lowest BCUT2D eigenvalue weighted by Gasteiger charge is -2.27. The fourth-order valence-corrected chi connectivity index (χ4v) is 5.56. The van der Waals surface area contributed by atoms with E-state index in [1.807, 2.05) is 46.8 Å². The number of aryl methyl sites for hydroxylation is 5. The summed E-state index contributed by atoms with van der Waals surface area (Å²) in [6.45, 7) is 11.5. The van der Waals surface area contributed by atoms with Crippen LogP contribution in [0.3, 0.4) is 0 Å². The third kappa shape index (κ3) is 5.45.